The lowest BCUT2D eigenvalue weighted by Crippen LogP contribution is -2.14. The van der Waals surface area contributed by atoms with Crippen LogP contribution in [0.2, 0.25) is 0 Å². The third kappa shape index (κ3) is 2.86. The summed E-state index contributed by atoms with van der Waals surface area (Å²) in [5.41, 5.74) is 10.4. The molecule has 0 heterocycles. The minimum Gasteiger partial charge on any atom is -0.320 e. The van der Waals surface area contributed by atoms with E-state index >= 15 is 0 Å². The summed E-state index contributed by atoms with van der Waals surface area (Å²) in [6, 6.07) is 12.5. The zero-order valence-electron chi connectivity index (χ0n) is 11.7. The van der Waals surface area contributed by atoms with Gasteiger partial charge >= 0.3 is 0 Å². The fourth-order valence-corrected chi connectivity index (χ4v) is 2.35. The predicted molar refractivity (Wildman–Crippen MR) is 79.7 cm³/mol. The van der Waals surface area contributed by atoms with Crippen molar-refractivity contribution in [3.8, 4) is 0 Å². The second kappa shape index (κ2) is 5.84. The lowest BCUT2D eigenvalue weighted by atomic mass is 9.93. The Hall–Kier alpha value is -2.20. The molecule has 0 aliphatic carbocycles. The summed E-state index contributed by atoms with van der Waals surface area (Å²) in [4.78, 5) is 10.5. The zero-order chi connectivity index (χ0) is 14.7. The van der Waals surface area contributed by atoms with Crippen molar-refractivity contribution in [2.75, 3.05) is 0 Å². The highest BCUT2D eigenvalue weighted by Crippen LogP contribution is 2.27. The van der Waals surface area contributed by atoms with E-state index in [4.69, 9.17) is 5.73 Å². The number of nitrogens with zero attached hydrogens (tertiary/aromatic N) is 1. The number of aryl methyl sites for hydroxylation is 2. The number of nitro benzene ring substituents is 1. The maximum absolute atomic E-state index is 10.9. The summed E-state index contributed by atoms with van der Waals surface area (Å²) in [6.07, 6.45) is 0.798. The van der Waals surface area contributed by atoms with Gasteiger partial charge in [-0.1, -0.05) is 42.8 Å². The van der Waals surface area contributed by atoms with E-state index in [-0.39, 0.29) is 16.7 Å². The van der Waals surface area contributed by atoms with Crippen LogP contribution in [-0.2, 0) is 6.42 Å². The molecular weight excluding hydrogens is 252 g/mol. The molecule has 0 radical (unpaired) electrons. The van der Waals surface area contributed by atoms with Crippen molar-refractivity contribution in [1.82, 2.24) is 0 Å². The average Bonchev–Trinajstić information content (AvgIpc) is 2.45. The third-order valence-corrected chi connectivity index (χ3v) is 3.46. The van der Waals surface area contributed by atoms with Crippen LogP contribution in [0.15, 0.2) is 42.5 Å². The first-order chi connectivity index (χ1) is 9.52. The molecule has 0 amide bonds. The first-order valence-corrected chi connectivity index (χ1v) is 6.62. The van der Waals surface area contributed by atoms with Gasteiger partial charge in [-0.05, 0) is 30.0 Å². The van der Waals surface area contributed by atoms with Crippen LogP contribution in [0, 0.1) is 17.0 Å². The molecule has 2 aromatic rings. The SMILES string of the molecule is CCc1ccc([N+](=O)[O-])cc1C(N)c1cccc(C)c1. The van der Waals surface area contributed by atoms with Gasteiger partial charge in [-0.2, -0.15) is 0 Å². The summed E-state index contributed by atoms with van der Waals surface area (Å²) in [7, 11) is 0. The van der Waals surface area contributed by atoms with Gasteiger partial charge in [0.2, 0.25) is 0 Å². The van der Waals surface area contributed by atoms with Gasteiger partial charge in [-0.15, -0.1) is 0 Å². The lowest BCUT2D eigenvalue weighted by molar-refractivity contribution is -0.384. The van der Waals surface area contributed by atoms with Gasteiger partial charge < -0.3 is 5.73 Å². The van der Waals surface area contributed by atoms with Gasteiger partial charge in [0.1, 0.15) is 0 Å². The van der Waals surface area contributed by atoms with E-state index in [2.05, 4.69) is 0 Å². The molecule has 20 heavy (non-hydrogen) atoms. The molecule has 0 spiro atoms. The molecule has 2 rings (SSSR count). The molecule has 104 valence electrons. The van der Waals surface area contributed by atoms with Crippen molar-refractivity contribution in [3.05, 3.63) is 74.8 Å². The Kier molecular flexibility index (Phi) is 4.15. The van der Waals surface area contributed by atoms with E-state index in [1.807, 2.05) is 38.1 Å². The van der Waals surface area contributed by atoms with Gasteiger partial charge in [0.05, 0.1) is 11.0 Å². The molecule has 0 aliphatic heterocycles. The standard InChI is InChI=1S/C16H18N2O2/c1-3-12-7-8-14(18(19)20)10-15(12)16(17)13-6-4-5-11(2)9-13/h4-10,16H,3,17H2,1-2H3. The summed E-state index contributed by atoms with van der Waals surface area (Å²) in [6.45, 7) is 4.03. The zero-order valence-corrected chi connectivity index (χ0v) is 11.7. The van der Waals surface area contributed by atoms with Crippen molar-refractivity contribution < 1.29 is 4.92 Å². The number of nitro groups is 1. The van der Waals surface area contributed by atoms with E-state index in [0.29, 0.717) is 0 Å². The topological polar surface area (TPSA) is 69.2 Å². The molecule has 0 bridgehead atoms. The first kappa shape index (κ1) is 14.2. The van der Waals surface area contributed by atoms with Crippen LogP contribution in [0.25, 0.3) is 0 Å². The van der Waals surface area contributed by atoms with Crippen molar-refractivity contribution in [3.63, 3.8) is 0 Å². The fraction of sp³-hybridized carbons (Fsp3) is 0.250. The largest absolute Gasteiger partial charge is 0.320 e. The Bertz CT molecular complexity index is 638. The normalized spacial score (nSPS) is 12.2. The van der Waals surface area contributed by atoms with Gasteiger partial charge in [-0.3, -0.25) is 10.1 Å². The number of hydrogen-bond donors (Lipinski definition) is 1. The number of benzene rings is 2. The molecule has 1 atom stereocenters. The summed E-state index contributed by atoms with van der Waals surface area (Å²) >= 11 is 0. The Balaban J connectivity index is 2.49. The molecule has 4 heteroatoms. The molecule has 1 unspecified atom stereocenters. The van der Waals surface area contributed by atoms with Crippen LogP contribution in [0.3, 0.4) is 0 Å². The van der Waals surface area contributed by atoms with Crippen LogP contribution in [0.1, 0.15) is 35.2 Å². The molecule has 2 N–H and O–H groups in total. The minimum atomic E-state index is -0.383. The number of nitrogens with two attached hydrogens (primary N) is 1. The smallest absolute Gasteiger partial charge is 0.269 e. The van der Waals surface area contributed by atoms with Crippen molar-refractivity contribution in [2.45, 2.75) is 26.3 Å². The van der Waals surface area contributed by atoms with Crippen molar-refractivity contribution in [1.29, 1.82) is 0 Å². The second-order valence-corrected chi connectivity index (χ2v) is 4.89. The summed E-state index contributed by atoms with van der Waals surface area (Å²) in [5.74, 6) is 0. The number of rotatable bonds is 4. The average molecular weight is 270 g/mol. The van der Waals surface area contributed by atoms with E-state index < -0.39 is 0 Å². The predicted octanol–water partition coefficient (Wildman–Crippen LogP) is 3.51. The molecule has 4 nitrogen and oxygen atoms in total. The van der Waals surface area contributed by atoms with Gasteiger partial charge in [0.25, 0.3) is 5.69 Å². The molecular formula is C16H18N2O2. The monoisotopic (exact) mass is 270 g/mol. The Morgan fingerprint density at radius 2 is 2.00 bits per heavy atom. The van der Waals surface area contributed by atoms with Crippen LogP contribution in [-0.4, -0.2) is 4.92 Å². The van der Waals surface area contributed by atoms with Gasteiger partial charge in [0.15, 0.2) is 0 Å². The Morgan fingerprint density at radius 3 is 2.60 bits per heavy atom. The van der Waals surface area contributed by atoms with Crippen LogP contribution < -0.4 is 5.73 Å². The highest BCUT2D eigenvalue weighted by molar-refractivity contribution is 5.45. The van der Waals surface area contributed by atoms with Crippen LogP contribution >= 0.6 is 0 Å². The Morgan fingerprint density at radius 1 is 1.25 bits per heavy atom. The highest BCUT2D eigenvalue weighted by atomic mass is 16.6. The second-order valence-electron chi connectivity index (χ2n) is 4.89. The van der Waals surface area contributed by atoms with Crippen molar-refractivity contribution >= 4 is 5.69 Å². The molecule has 0 saturated carbocycles. The molecule has 2 aromatic carbocycles. The molecule has 0 saturated heterocycles. The van der Waals surface area contributed by atoms with Crippen LogP contribution in [0.5, 0.6) is 0 Å². The minimum absolute atomic E-state index is 0.0836. The van der Waals surface area contributed by atoms with Crippen LogP contribution in [0.4, 0.5) is 5.69 Å². The van der Waals surface area contributed by atoms with E-state index in [9.17, 15) is 10.1 Å². The summed E-state index contributed by atoms with van der Waals surface area (Å²) in [5, 5.41) is 10.9. The number of non-ortho nitro benzene ring substituents is 1. The van der Waals surface area contributed by atoms with E-state index in [0.717, 1.165) is 28.7 Å². The van der Waals surface area contributed by atoms with Gasteiger partial charge in [-0.25, -0.2) is 0 Å². The third-order valence-electron chi connectivity index (χ3n) is 3.46. The van der Waals surface area contributed by atoms with Crippen molar-refractivity contribution in [2.24, 2.45) is 5.73 Å². The fourth-order valence-electron chi connectivity index (χ4n) is 2.35. The molecule has 0 aliphatic rings. The van der Waals surface area contributed by atoms with E-state index in [1.54, 1.807) is 12.1 Å². The summed E-state index contributed by atoms with van der Waals surface area (Å²) < 4.78 is 0. The highest BCUT2D eigenvalue weighted by Gasteiger charge is 2.16. The molecule has 0 aromatic heterocycles. The maximum Gasteiger partial charge on any atom is 0.269 e. The number of hydrogen-bond acceptors (Lipinski definition) is 3. The molecule has 0 fully saturated rings. The first-order valence-electron chi connectivity index (χ1n) is 6.62. The maximum atomic E-state index is 10.9. The van der Waals surface area contributed by atoms with Gasteiger partial charge in [0, 0.05) is 12.1 Å². The Labute approximate surface area is 118 Å². The quantitative estimate of drug-likeness (QED) is 0.682. The van der Waals surface area contributed by atoms with E-state index in [1.165, 1.54) is 6.07 Å². The lowest BCUT2D eigenvalue weighted by Gasteiger charge is -2.16.